The van der Waals surface area contributed by atoms with Crippen LogP contribution in [0.25, 0.3) is 0 Å². The maximum Gasteiger partial charge on any atom is 0.243 e. The molecule has 0 aliphatic heterocycles. The summed E-state index contributed by atoms with van der Waals surface area (Å²) >= 11 is 0. The number of rotatable bonds is 9. The van der Waals surface area contributed by atoms with E-state index in [0.717, 1.165) is 19.0 Å². The second-order valence-electron chi connectivity index (χ2n) is 4.39. The fourth-order valence-electron chi connectivity index (χ4n) is 1.62. The third-order valence-electron chi connectivity index (χ3n) is 2.70. The van der Waals surface area contributed by atoms with Crippen molar-refractivity contribution >= 4 is 28.3 Å². The van der Waals surface area contributed by atoms with Gasteiger partial charge in [-0.05, 0) is 32.1 Å². The highest BCUT2D eigenvalue weighted by Gasteiger charge is 2.18. The number of halogens is 2. The minimum atomic E-state index is -3.93. The first kappa shape index (κ1) is 20.8. The van der Waals surface area contributed by atoms with E-state index >= 15 is 0 Å². The van der Waals surface area contributed by atoms with Gasteiger partial charge in [0.15, 0.2) is 0 Å². The van der Waals surface area contributed by atoms with E-state index in [-0.39, 0.29) is 31.3 Å². The van der Waals surface area contributed by atoms with Crippen molar-refractivity contribution in [3.05, 3.63) is 30.1 Å². The predicted octanol–water partition coefficient (Wildman–Crippen LogP) is 0.642. The maximum atomic E-state index is 13.4. The normalized spacial score (nSPS) is 10.8. The van der Waals surface area contributed by atoms with Gasteiger partial charge in [-0.3, -0.25) is 4.79 Å². The number of carbonyl (C=O) groups excluding carboxylic acids is 1. The van der Waals surface area contributed by atoms with Crippen LogP contribution in [-0.2, 0) is 14.8 Å². The molecule has 0 saturated heterocycles. The Morgan fingerprint density at radius 1 is 1.18 bits per heavy atom. The minimum Gasteiger partial charge on any atom is -0.356 e. The second-order valence-corrected chi connectivity index (χ2v) is 6.12. The van der Waals surface area contributed by atoms with Crippen molar-refractivity contribution in [2.75, 3.05) is 26.7 Å². The minimum absolute atomic E-state index is 0. The van der Waals surface area contributed by atoms with Crippen molar-refractivity contribution in [2.45, 2.75) is 17.7 Å². The summed E-state index contributed by atoms with van der Waals surface area (Å²) in [7, 11) is -2.11. The van der Waals surface area contributed by atoms with E-state index in [9.17, 15) is 17.6 Å². The Morgan fingerprint density at radius 2 is 1.86 bits per heavy atom. The van der Waals surface area contributed by atoms with Crippen LogP contribution in [0.4, 0.5) is 4.39 Å². The van der Waals surface area contributed by atoms with E-state index in [0.29, 0.717) is 6.54 Å². The lowest BCUT2D eigenvalue weighted by Gasteiger charge is -2.08. The summed E-state index contributed by atoms with van der Waals surface area (Å²) in [5, 5.41) is 5.62. The molecular formula is C13H21ClFN3O3S. The maximum absolute atomic E-state index is 13.4. The average molecular weight is 354 g/mol. The van der Waals surface area contributed by atoms with Gasteiger partial charge in [0.2, 0.25) is 15.9 Å². The third-order valence-corrected chi connectivity index (χ3v) is 4.19. The summed E-state index contributed by atoms with van der Waals surface area (Å²) in [6, 6.07) is 5.09. The summed E-state index contributed by atoms with van der Waals surface area (Å²) in [4.78, 5) is 11.0. The van der Waals surface area contributed by atoms with Gasteiger partial charge < -0.3 is 10.6 Å². The Labute approximate surface area is 136 Å². The molecule has 0 unspecified atom stereocenters. The molecule has 0 heterocycles. The zero-order valence-corrected chi connectivity index (χ0v) is 13.9. The lowest BCUT2D eigenvalue weighted by molar-refractivity contribution is -0.120. The van der Waals surface area contributed by atoms with Crippen LogP contribution in [0.2, 0.25) is 0 Å². The van der Waals surface area contributed by atoms with Gasteiger partial charge in [-0.25, -0.2) is 17.5 Å². The molecule has 0 bridgehead atoms. The van der Waals surface area contributed by atoms with E-state index in [1.165, 1.54) is 18.2 Å². The standard InChI is InChI=1S/C13H20FN3O3S.ClH/c1-15-8-4-9-16-13(18)7-10-17-21(19,20)12-6-3-2-5-11(12)14;/h2-3,5-6,15,17H,4,7-10H2,1H3,(H,16,18);1H. The molecule has 6 nitrogen and oxygen atoms in total. The SMILES string of the molecule is CNCCCNC(=O)CCNS(=O)(=O)c1ccccc1F.Cl. The molecule has 0 aliphatic carbocycles. The van der Waals surface area contributed by atoms with Gasteiger partial charge in [-0.2, -0.15) is 0 Å². The summed E-state index contributed by atoms with van der Waals surface area (Å²) < 4.78 is 39.3. The van der Waals surface area contributed by atoms with Crippen molar-refractivity contribution in [3.63, 3.8) is 0 Å². The molecule has 0 aliphatic rings. The molecule has 1 rings (SSSR count). The molecule has 3 N–H and O–H groups in total. The molecular weight excluding hydrogens is 333 g/mol. The van der Waals surface area contributed by atoms with Gasteiger partial charge in [-0.15, -0.1) is 12.4 Å². The van der Waals surface area contributed by atoms with Crippen LogP contribution in [0.15, 0.2) is 29.2 Å². The zero-order valence-electron chi connectivity index (χ0n) is 12.3. The van der Waals surface area contributed by atoms with Crippen LogP contribution in [0.1, 0.15) is 12.8 Å². The molecule has 0 saturated carbocycles. The molecule has 0 aromatic heterocycles. The summed E-state index contributed by atoms with van der Waals surface area (Å²) in [5.74, 6) is -1.07. The number of hydrogen-bond acceptors (Lipinski definition) is 4. The highest BCUT2D eigenvalue weighted by molar-refractivity contribution is 7.89. The summed E-state index contributed by atoms with van der Waals surface area (Å²) in [6.45, 7) is 1.24. The van der Waals surface area contributed by atoms with Crippen LogP contribution < -0.4 is 15.4 Å². The number of benzene rings is 1. The Bertz CT molecular complexity index is 569. The second kappa shape index (κ2) is 10.5. The highest BCUT2D eigenvalue weighted by atomic mass is 35.5. The van der Waals surface area contributed by atoms with Crippen molar-refractivity contribution in [2.24, 2.45) is 0 Å². The van der Waals surface area contributed by atoms with Gasteiger partial charge >= 0.3 is 0 Å². The topological polar surface area (TPSA) is 87.3 Å². The molecule has 9 heteroatoms. The van der Waals surface area contributed by atoms with Crippen LogP contribution in [0, 0.1) is 5.82 Å². The van der Waals surface area contributed by atoms with Crippen molar-refractivity contribution in [3.8, 4) is 0 Å². The molecule has 0 fully saturated rings. The fourth-order valence-corrected chi connectivity index (χ4v) is 2.73. The molecule has 0 atom stereocenters. The number of carbonyl (C=O) groups is 1. The monoisotopic (exact) mass is 353 g/mol. The van der Waals surface area contributed by atoms with Crippen LogP contribution in [0.3, 0.4) is 0 Å². The largest absolute Gasteiger partial charge is 0.356 e. The smallest absolute Gasteiger partial charge is 0.243 e. The third kappa shape index (κ3) is 7.17. The van der Waals surface area contributed by atoms with Crippen LogP contribution in [-0.4, -0.2) is 41.0 Å². The van der Waals surface area contributed by atoms with Crippen molar-refractivity contribution in [1.82, 2.24) is 15.4 Å². The zero-order chi connectivity index (χ0) is 15.7. The highest BCUT2D eigenvalue weighted by Crippen LogP contribution is 2.12. The van der Waals surface area contributed by atoms with Gasteiger partial charge in [0.1, 0.15) is 10.7 Å². The van der Waals surface area contributed by atoms with E-state index in [1.54, 1.807) is 0 Å². The molecule has 126 valence electrons. The Hall–Kier alpha value is -1.22. The van der Waals surface area contributed by atoms with E-state index in [2.05, 4.69) is 15.4 Å². The quantitative estimate of drug-likeness (QED) is 0.569. The summed E-state index contributed by atoms with van der Waals surface area (Å²) in [5.41, 5.74) is 0. The first-order valence-electron chi connectivity index (χ1n) is 6.63. The molecule has 0 radical (unpaired) electrons. The molecule has 0 spiro atoms. The number of nitrogens with one attached hydrogen (secondary N) is 3. The summed E-state index contributed by atoms with van der Waals surface area (Å²) in [6.07, 6.45) is 0.802. The van der Waals surface area contributed by atoms with Crippen LogP contribution in [0.5, 0.6) is 0 Å². The Kier molecular flexibility index (Phi) is 9.91. The van der Waals surface area contributed by atoms with E-state index < -0.39 is 20.7 Å². The lowest BCUT2D eigenvalue weighted by atomic mass is 10.3. The first-order chi connectivity index (χ1) is 9.97. The van der Waals surface area contributed by atoms with Gasteiger partial charge in [0.25, 0.3) is 0 Å². The first-order valence-corrected chi connectivity index (χ1v) is 8.11. The van der Waals surface area contributed by atoms with Gasteiger partial charge in [-0.1, -0.05) is 12.1 Å². The number of hydrogen-bond donors (Lipinski definition) is 3. The molecule has 22 heavy (non-hydrogen) atoms. The average Bonchev–Trinajstić information content (AvgIpc) is 2.44. The Balaban J connectivity index is 0.00000441. The molecule has 1 aromatic carbocycles. The van der Waals surface area contributed by atoms with E-state index in [4.69, 9.17) is 0 Å². The van der Waals surface area contributed by atoms with Gasteiger partial charge in [0, 0.05) is 19.5 Å². The number of sulfonamides is 1. The van der Waals surface area contributed by atoms with E-state index in [1.807, 2.05) is 7.05 Å². The van der Waals surface area contributed by atoms with Crippen LogP contribution >= 0.6 is 12.4 Å². The molecule has 1 aromatic rings. The lowest BCUT2D eigenvalue weighted by Crippen LogP contribution is -2.32. The van der Waals surface area contributed by atoms with Crippen molar-refractivity contribution in [1.29, 1.82) is 0 Å². The Morgan fingerprint density at radius 3 is 2.50 bits per heavy atom. The number of amides is 1. The fraction of sp³-hybridized carbons (Fsp3) is 0.462. The predicted molar refractivity (Wildman–Crippen MR) is 85.0 cm³/mol. The van der Waals surface area contributed by atoms with Crippen molar-refractivity contribution < 1.29 is 17.6 Å². The van der Waals surface area contributed by atoms with Gasteiger partial charge in [0.05, 0.1) is 0 Å². The molecule has 1 amide bonds.